The molecule has 0 radical (unpaired) electrons. The fourth-order valence-corrected chi connectivity index (χ4v) is 3.09. The third kappa shape index (κ3) is 3.56. The number of carbonyl (C=O) groups is 1. The quantitative estimate of drug-likeness (QED) is 0.902. The van der Waals surface area contributed by atoms with Crippen molar-refractivity contribution in [3.63, 3.8) is 0 Å². The highest BCUT2D eigenvalue weighted by Crippen LogP contribution is 2.38. The molecule has 1 aromatic rings. The molecule has 0 bridgehead atoms. The molecule has 1 aliphatic rings. The van der Waals surface area contributed by atoms with Crippen molar-refractivity contribution in [2.24, 2.45) is 11.3 Å². The molecule has 1 fully saturated rings. The van der Waals surface area contributed by atoms with Crippen LogP contribution in [0.25, 0.3) is 0 Å². The zero-order chi connectivity index (χ0) is 14.8. The van der Waals surface area contributed by atoms with Crippen molar-refractivity contribution >= 4 is 5.91 Å². The molecule has 0 saturated heterocycles. The van der Waals surface area contributed by atoms with Gasteiger partial charge in [-0.2, -0.15) is 0 Å². The Bertz CT molecular complexity index is 462. The van der Waals surface area contributed by atoms with Gasteiger partial charge in [0, 0.05) is 12.2 Å². The number of rotatable bonds is 2. The first kappa shape index (κ1) is 14.9. The second-order valence-electron chi connectivity index (χ2n) is 6.88. The van der Waals surface area contributed by atoms with Gasteiger partial charge in [-0.25, -0.2) is 4.98 Å². The van der Waals surface area contributed by atoms with E-state index in [1.165, 1.54) is 19.3 Å². The SMILES string of the molecule is Cc1cnc(C(=O)N[C@@H]2CCCC[C@H]2C(C)(C)C)cn1. The molecular formula is C16H25N3O. The molecule has 0 aliphatic heterocycles. The third-order valence-corrected chi connectivity index (χ3v) is 4.21. The van der Waals surface area contributed by atoms with Crippen molar-refractivity contribution in [3.8, 4) is 0 Å². The Hall–Kier alpha value is -1.45. The van der Waals surface area contributed by atoms with Crippen LogP contribution in [0.2, 0.25) is 0 Å². The first-order chi connectivity index (χ1) is 9.38. The van der Waals surface area contributed by atoms with Crippen LogP contribution < -0.4 is 5.32 Å². The maximum atomic E-state index is 12.3. The normalized spacial score (nSPS) is 23.4. The van der Waals surface area contributed by atoms with E-state index in [0.717, 1.165) is 12.1 Å². The molecule has 1 aliphatic carbocycles. The van der Waals surface area contributed by atoms with Crippen molar-refractivity contribution in [2.75, 3.05) is 0 Å². The molecule has 1 N–H and O–H groups in total. The molecule has 4 nitrogen and oxygen atoms in total. The summed E-state index contributed by atoms with van der Waals surface area (Å²) in [5, 5.41) is 3.17. The van der Waals surface area contributed by atoms with Gasteiger partial charge in [-0.15, -0.1) is 0 Å². The van der Waals surface area contributed by atoms with Gasteiger partial charge < -0.3 is 5.32 Å². The van der Waals surface area contributed by atoms with E-state index in [4.69, 9.17) is 0 Å². The monoisotopic (exact) mass is 275 g/mol. The largest absolute Gasteiger partial charge is 0.348 e. The number of aryl methyl sites for hydroxylation is 1. The van der Waals surface area contributed by atoms with Gasteiger partial charge in [0.15, 0.2) is 0 Å². The lowest BCUT2D eigenvalue weighted by molar-refractivity contribution is 0.0825. The minimum Gasteiger partial charge on any atom is -0.348 e. The predicted molar refractivity (Wildman–Crippen MR) is 79.4 cm³/mol. The molecule has 2 rings (SSSR count). The standard InChI is InChI=1S/C16H25N3O/c1-11-9-18-14(10-17-11)15(20)19-13-8-6-5-7-12(13)16(2,3)4/h9-10,12-13H,5-8H2,1-4H3,(H,19,20)/t12-,13-/m1/s1. The number of aromatic nitrogens is 2. The summed E-state index contributed by atoms with van der Waals surface area (Å²) in [6.07, 6.45) is 7.90. The lowest BCUT2D eigenvalue weighted by Crippen LogP contribution is -2.46. The number of nitrogens with zero attached hydrogens (tertiary/aromatic N) is 2. The van der Waals surface area contributed by atoms with Crippen LogP contribution in [0.3, 0.4) is 0 Å². The van der Waals surface area contributed by atoms with Crippen LogP contribution in [0.1, 0.15) is 62.6 Å². The van der Waals surface area contributed by atoms with E-state index in [1.807, 2.05) is 6.92 Å². The minimum atomic E-state index is -0.0985. The van der Waals surface area contributed by atoms with E-state index in [-0.39, 0.29) is 17.4 Å². The molecule has 2 atom stereocenters. The number of hydrogen-bond donors (Lipinski definition) is 1. The van der Waals surface area contributed by atoms with Gasteiger partial charge in [-0.1, -0.05) is 33.6 Å². The molecule has 1 amide bonds. The van der Waals surface area contributed by atoms with Crippen molar-refractivity contribution in [1.29, 1.82) is 0 Å². The van der Waals surface area contributed by atoms with Gasteiger partial charge in [-0.05, 0) is 31.1 Å². The van der Waals surface area contributed by atoms with E-state index >= 15 is 0 Å². The summed E-state index contributed by atoms with van der Waals surface area (Å²) in [5.74, 6) is 0.428. The lowest BCUT2D eigenvalue weighted by atomic mass is 9.69. The molecule has 4 heteroatoms. The first-order valence-electron chi connectivity index (χ1n) is 7.47. The Morgan fingerprint density at radius 3 is 2.50 bits per heavy atom. The summed E-state index contributed by atoms with van der Waals surface area (Å²) in [4.78, 5) is 20.6. The molecule has 1 heterocycles. The molecule has 20 heavy (non-hydrogen) atoms. The summed E-state index contributed by atoms with van der Waals surface area (Å²) in [5.41, 5.74) is 1.46. The zero-order valence-corrected chi connectivity index (χ0v) is 12.9. The molecule has 0 spiro atoms. The third-order valence-electron chi connectivity index (χ3n) is 4.21. The van der Waals surface area contributed by atoms with Crippen molar-refractivity contribution in [1.82, 2.24) is 15.3 Å². The number of hydrogen-bond acceptors (Lipinski definition) is 3. The Morgan fingerprint density at radius 2 is 1.90 bits per heavy atom. The second-order valence-corrected chi connectivity index (χ2v) is 6.88. The number of amides is 1. The van der Waals surface area contributed by atoms with Crippen LogP contribution >= 0.6 is 0 Å². The van der Waals surface area contributed by atoms with Crippen LogP contribution in [0.4, 0.5) is 0 Å². The Morgan fingerprint density at radius 1 is 1.20 bits per heavy atom. The van der Waals surface area contributed by atoms with E-state index < -0.39 is 0 Å². The fourth-order valence-electron chi connectivity index (χ4n) is 3.09. The highest BCUT2D eigenvalue weighted by atomic mass is 16.1. The van der Waals surface area contributed by atoms with Crippen LogP contribution in [-0.2, 0) is 0 Å². The minimum absolute atomic E-state index is 0.0985. The first-order valence-corrected chi connectivity index (χ1v) is 7.47. The Kier molecular flexibility index (Phi) is 4.41. The number of nitrogens with one attached hydrogen (secondary N) is 1. The molecular weight excluding hydrogens is 250 g/mol. The van der Waals surface area contributed by atoms with Gasteiger partial charge in [0.25, 0.3) is 5.91 Å². The van der Waals surface area contributed by atoms with Gasteiger partial charge in [0.1, 0.15) is 5.69 Å². The maximum absolute atomic E-state index is 12.3. The van der Waals surface area contributed by atoms with Crippen LogP contribution in [0.5, 0.6) is 0 Å². The van der Waals surface area contributed by atoms with Crippen LogP contribution in [0, 0.1) is 18.3 Å². The topological polar surface area (TPSA) is 54.9 Å². The summed E-state index contributed by atoms with van der Waals surface area (Å²) in [6.45, 7) is 8.64. The summed E-state index contributed by atoms with van der Waals surface area (Å²) in [6, 6.07) is 0.249. The van der Waals surface area contributed by atoms with Gasteiger partial charge in [0.2, 0.25) is 0 Å². The van der Waals surface area contributed by atoms with E-state index in [2.05, 4.69) is 36.1 Å². The van der Waals surface area contributed by atoms with Crippen molar-refractivity contribution in [2.45, 2.75) is 59.4 Å². The van der Waals surface area contributed by atoms with Crippen molar-refractivity contribution in [3.05, 3.63) is 23.8 Å². The Labute approximate surface area is 121 Å². The van der Waals surface area contributed by atoms with Gasteiger partial charge in [-0.3, -0.25) is 9.78 Å². The smallest absolute Gasteiger partial charge is 0.271 e. The highest BCUT2D eigenvalue weighted by Gasteiger charge is 2.35. The van der Waals surface area contributed by atoms with Crippen LogP contribution in [-0.4, -0.2) is 21.9 Å². The lowest BCUT2D eigenvalue weighted by Gasteiger charge is -2.40. The molecule has 110 valence electrons. The second kappa shape index (κ2) is 5.90. The van der Waals surface area contributed by atoms with Gasteiger partial charge in [0.05, 0.1) is 11.9 Å². The molecule has 0 unspecified atom stereocenters. The van der Waals surface area contributed by atoms with E-state index in [1.54, 1.807) is 12.4 Å². The molecule has 1 aromatic heterocycles. The molecule has 1 saturated carbocycles. The van der Waals surface area contributed by atoms with E-state index in [9.17, 15) is 4.79 Å². The number of carbonyl (C=O) groups excluding carboxylic acids is 1. The fraction of sp³-hybridized carbons (Fsp3) is 0.688. The van der Waals surface area contributed by atoms with Crippen LogP contribution in [0.15, 0.2) is 12.4 Å². The zero-order valence-electron chi connectivity index (χ0n) is 12.9. The van der Waals surface area contributed by atoms with E-state index in [0.29, 0.717) is 11.6 Å². The molecule has 0 aromatic carbocycles. The highest BCUT2D eigenvalue weighted by molar-refractivity contribution is 5.92. The van der Waals surface area contributed by atoms with Crippen molar-refractivity contribution < 1.29 is 4.79 Å². The summed E-state index contributed by atoms with van der Waals surface area (Å²) in [7, 11) is 0. The average molecular weight is 275 g/mol. The van der Waals surface area contributed by atoms with Gasteiger partial charge >= 0.3 is 0 Å². The average Bonchev–Trinajstić information content (AvgIpc) is 2.38. The maximum Gasteiger partial charge on any atom is 0.271 e. The Balaban J connectivity index is 2.07. The predicted octanol–water partition coefficient (Wildman–Crippen LogP) is 3.12. The summed E-state index contributed by atoms with van der Waals surface area (Å²) >= 11 is 0. The summed E-state index contributed by atoms with van der Waals surface area (Å²) < 4.78 is 0.